The number of nitrogens with zero attached hydrogens (tertiary/aromatic N) is 2. The molecular weight excluding hydrogens is 389 g/mol. The number of halogens is 3. The van der Waals surface area contributed by atoms with E-state index in [2.05, 4.69) is 10.6 Å². The second kappa shape index (κ2) is 7.01. The van der Waals surface area contributed by atoms with E-state index in [1.54, 1.807) is 0 Å². The average molecular weight is 402 g/mol. The molecule has 4 rings (SSSR count). The van der Waals surface area contributed by atoms with Gasteiger partial charge in [0.1, 0.15) is 24.7 Å². The summed E-state index contributed by atoms with van der Waals surface area (Å²) in [5, 5.41) is 13.8. The minimum Gasteiger partial charge on any atom is -0.491 e. The summed E-state index contributed by atoms with van der Waals surface area (Å²) >= 11 is 0. The molecule has 7 nitrogen and oxygen atoms in total. The van der Waals surface area contributed by atoms with Crippen LogP contribution in [0.5, 0.6) is 5.75 Å². The molecule has 0 unspecified atom stereocenters. The van der Waals surface area contributed by atoms with Crippen LogP contribution in [-0.2, 0) is 11.3 Å². The van der Waals surface area contributed by atoms with Gasteiger partial charge in [-0.3, -0.25) is 4.79 Å². The molecule has 0 spiro atoms. The molecule has 148 valence electrons. The molecule has 2 aliphatic rings. The minimum absolute atomic E-state index is 0.0399. The van der Waals surface area contributed by atoms with E-state index in [-0.39, 0.29) is 41.3 Å². The number of carbonyl (C=O) groups is 2. The molecule has 2 N–H and O–H groups in total. The van der Waals surface area contributed by atoms with Crippen molar-refractivity contribution in [2.75, 3.05) is 18.5 Å². The average Bonchev–Trinajstić information content (AvgIpc) is 3.09. The summed E-state index contributed by atoms with van der Waals surface area (Å²) in [4.78, 5) is 25.5. The first-order chi connectivity index (χ1) is 13.9. The van der Waals surface area contributed by atoms with Crippen molar-refractivity contribution in [1.29, 1.82) is 5.26 Å². The van der Waals surface area contributed by atoms with Crippen molar-refractivity contribution in [1.82, 2.24) is 10.2 Å². The van der Waals surface area contributed by atoms with Crippen molar-refractivity contribution in [3.63, 3.8) is 0 Å². The van der Waals surface area contributed by atoms with Crippen LogP contribution in [-0.4, -0.2) is 30.0 Å². The molecule has 2 heterocycles. The van der Waals surface area contributed by atoms with Crippen LogP contribution in [0.2, 0.25) is 0 Å². The highest BCUT2D eigenvalue weighted by Gasteiger charge is 2.32. The van der Waals surface area contributed by atoms with E-state index in [1.165, 1.54) is 12.1 Å². The van der Waals surface area contributed by atoms with Crippen molar-refractivity contribution in [2.24, 2.45) is 0 Å². The van der Waals surface area contributed by atoms with E-state index < -0.39 is 42.0 Å². The lowest BCUT2D eigenvalue weighted by Gasteiger charge is -2.29. The van der Waals surface area contributed by atoms with Crippen LogP contribution in [0.3, 0.4) is 0 Å². The zero-order chi connectivity index (χ0) is 20.7. The van der Waals surface area contributed by atoms with E-state index in [9.17, 15) is 22.8 Å². The Morgan fingerprint density at radius 3 is 2.86 bits per heavy atom. The van der Waals surface area contributed by atoms with E-state index in [1.807, 2.05) is 6.07 Å². The third-order valence-electron chi connectivity index (χ3n) is 4.72. The number of nitrogens with one attached hydrogen (secondary N) is 2. The van der Waals surface area contributed by atoms with E-state index >= 15 is 0 Å². The highest BCUT2D eigenvalue weighted by molar-refractivity contribution is 5.95. The van der Waals surface area contributed by atoms with Gasteiger partial charge in [-0.1, -0.05) is 0 Å². The summed E-state index contributed by atoms with van der Waals surface area (Å²) in [5.41, 5.74) is 0.270. The Hall–Kier alpha value is -3.74. The van der Waals surface area contributed by atoms with Gasteiger partial charge in [0.2, 0.25) is 5.91 Å². The maximum Gasteiger partial charge on any atom is 0.322 e. The van der Waals surface area contributed by atoms with Crippen molar-refractivity contribution in [2.45, 2.75) is 12.6 Å². The van der Waals surface area contributed by atoms with Gasteiger partial charge in [-0.05, 0) is 24.3 Å². The first-order valence-electron chi connectivity index (χ1n) is 8.56. The summed E-state index contributed by atoms with van der Waals surface area (Å²) in [5.74, 6) is -3.32. The van der Waals surface area contributed by atoms with Gasteiger partial charge in [-0.25, -0.2) is 18.0 Å². The minimum atomic E-state index is -1.10. The number of fused-ring (bicyclic) bond motifs is 2. The largest absolute Gasteiger partial charge is 0.491 e. The Labute approximate surface area is 162 Å². The molecule has 0 aliphatic carbocycles. The Morgan fingerprint density at radius 2 is 2.10 bits per heavy atom. The first kappa shape index (κ1) is 18.6. The third-order valence-corrected chi connectivity index (χ3v) is 4.72. The maximum absolute atomic E-state index is 14.3. The van der Waals surface area contributed by atoms with Gasteiger partial charge < -0.3 is 20.3 Å². The number of nitriles is 1. The van der Waals surface area contributed by atoms with E-state index in [4.69, 9.17) is 10.00 Å². The standard InChI is InChI=1S/C19H13F3N4O3/c20-11-1-2-13-10(18(11)22)6-26(19(28)25-13)7-16(27)24-14-8-29-15-4-9(5-23)3-12(21)17(14)15/h1-4,14H,6-8H2,(H,24,27)(H,25,28)/t14-/m1/s1. The number of carbonyl (C=O) groups excluding carboxylic acids is 2. The Bertz CT molecular complexity index is 1080. The smallest absolute Gasteiger partial charge is 0.322 e. The lowest BCUT2D eigenvalue weighted by Crippen LogP contribution is -2.45. The highest BCUT2D eigenvalue weighted by Crippen LogP contribution is 2.35. The zero-order valence-electron chi connectivity index (χ0n) is 14.8. The molecular formula is C19H13F3N4O3. The van der Waals surface area contributed by atoms with Crippen LogP contribution < -0.4 is 15.4 Å². The zero-order valence-corrected chi connectivity index (χ0v) is 14.8. The van der Waals surface area contributed by atoms with Crippen LogP contribution in [0.25, 0.3) is 0 Å². The molecule has 2 aliphatic heterocycles. The second-order valence-corrected chi connectivity index (χ2v) is 6.59. The van der Waals surface area contributed by atoms with Crippen molar-refractivity contribution in [3.05, 3.63) is 58.4 Å². The fourth-order valence-electron chi connectivity index (χ4n) is 3.35. The number of ether oxygens (including phenoxy) is 1. The number of urea groups is 1. The fourth-order valence-corrected chi connectivity index (χ4v) is 3.35. The second-order valence-electron chi connectivity index (χ2n) is 6.59. The number of benzene rings is 2. The highest BCUT2D eigenvalue weighted by atomic mass is 19.2. The molecule has 0 aromatic heterocycles. The quantitative estimate of drug-likeness (QED) is 0.825. The van der Waals surface area contributed by atoms with Gasteiger partial charge >= 0.3 is 6.03 Å². The number of hydrogen-bond donors (Lipinski definition) is 2. The van der Waals surface area contributed by atoms with Gasteiger partial charge in [0.05, 0.1) is 35.5 Å². The van der Waals surface area contributed by atoms with Crippen molar-refractivity contribution < 1.29 is 27.5 Å². The van der Waals surface area contributed by atoms with Crippen LogP contribution in [0.4, 0.5) is 23.7 Å². The molecule has 0 saturated carbocycles. The topological polar surface area (TPSA) is 94.5 Å². The predicted molar refractivity (Wildman–Crippen MR) is 93.3 cm³/mol. The van der Waals surface area contributed by atoms with Gasteiger partial charge in [-0.2, -0.15) is 5.26 Å². The summed E-state index contributed by atoms with van der Waals surface area (Å²) < 4.78 is 47.0. The Kier molecular flexibility index (Phi) is 4.50. The predicted octanol–water partition coefficient (Wildman–Crippen LogP) is 2.57. The molecule has 2 aromatic rings. The van der Waals surface area contributed by atoms with Gasteiger partial charge in [0.15, 0.2) is 11.6 Å². The Morgan fingerprint density at radius 1 is 1.31 bits per heavy atom. The molecule has 10 heteroatoms. The lowest BCUT2D eigenvalue weighted by molar-refractivity contribution is -0.122. The summed E-state index contributed by atoms with van der Waals surface area (Å²) in [7, 11) is 0. The molecule has 2 aromatic carbocycles. The molecule has 1 atom stereocenters. The fraction of sp³-hybridized carbons (Fsp3) is 0.211. The first-order valence-corrected chi connectivity index (χ1v) is 8.56. The number of hydrogen-bond acceptors (Lipinski definition) is 4. The summed E-state index contributed by atoms with van der Waals surface area (Å²) in [6, 6.07) is 4.92. The lowest BCUT2D eigenvalue weighted by atomic mass is 10.1. The van der Waals surface area contributed by atoms with E-state index in [0.29, 0.717) is 0 Å². The van der Waals surface area contributed by atoms with E-state index in [0.717, 1.165) is 17.0 Å². The maximum atomic E-state index is 14.3. The molecule has 0 bridgehead atoms. The number of amides is 3. The van der Waals surface area contributed by atoms with Crippen molar-refractivity contribution in [3.8, 4) is 11.8 Å². The van der Waals surface area contributed by atoms with Crippen LogP contribution >= 0.6 is 0 Å². The summed E-state index contributed by atoms with van der Waals surface area (Å²) in [6.07, 6.45) is 0. The van der Waals surface area contributed by atoms with Crippen LogP contribution in [0.1, 0.15) is 22.7 Å². The van der Waals surface area contributed by atoms with Crippen LogP contribution in [0.15, 0.2) is 24.3 Å². The van der Waals surface area contributed by atoms with Gasteiger partial charge in [0, 0.05) is 5.56 Å². The van der Waals surface area contributed by atoms with Crippen LogP contribution in [0, 0.1) is 28.8 Å². The third kappa shape index (κ3) is 3.31. The van der Waals surface area contributed by atoms with Gasteiger partial charge in [0.25, 0.3) is 0 Å². The summed E-state index contributed by atoms with van der Waals surface area (Å²) in [6.45, 7) is -0.789. The molecule has 3 amide bonds. The van der Waals surface area contributed by atoms with Crippen molar-refractivity contribution >= 4 is 17.6 Å². The normalized spacial score (nSPS) is 17.0. The number of rotatable bonds is 3. The number of anilines is 1. The molecule has 0 fully saturated rings. The monoisotopic (exact) mass is 402 g/mol. The SMILES string of the molecule is N#Cc1cc(F)c2c(c1)OC[C@H]2NC(=O)CN1Cc2c(ccc(F)c2F)NC1=O. The van der Waals surface area contributed by atoms with Gasteiger partial charge in [-0.15, -0.1) is 0 Å². The molecule has 0 radical (unpaired) electrons. The Balaban J connectivity index is 1.47. The molecule has 0 saturated heterocycles. The molecule has 29 heavy (non-hydrogen) atoms.